The van der Waals surface area contributed by atoms with Crippen molar-refractivity contribution in [1.29, 1.82) is 0 Å². The number of phenols is 1. The lowest BCUT2D eigenvalue weighted by atomic mass is 9.96. The fourth-order valence-electron chi connectivity index (χ4n) is 1.28. The second-order valence-corrected chi connectivity index (χ2v) is 7.22. The number of carbonyl (C=O) groups excluding carboxylic acids is 1. The van der Waals surface area contributed by atoms with Gasteiger partial charge in [-0.3, -0.25) is 4.79 Å². The van der Waals surface area contributed by atoms with Crippen molar-refractivity contribution in [2.45, 2.75) is 45.1 Å². The maximum Gasteiger partial charge on any atom is 0.312 e. The van der Waals surface area contributed by atoms with Crippen LogP contribution in [-0.2, 0) is 9.53 Å². The second kappa shape index (κ2) is 5.87. The molecule has 1 N–H and O–H groups in total. The van der Waals surface area contributed by atoms with Gasteiger partial charge in [0.05, 0.1) is 5.41 Å². The summed E-state index contributed by atoms with van der Waals surface area (Å²) in [5, 5.41) is 9.22. The van der Waals surface area contributed by atoms with Crippen LogP contribution in [-0.4, -0.2) is 22.4 Å². The van der Waals surface area contributed by atoms with Crippen molar-refractivity contribution >= 4 is 17.7 Å². The fraction of sp³-hybridized carbons (Fsp3) is 0.533. The average molecular weight is 282 g/mol. The van der Waals surface area contributed by atoms with E-state index in [1.807, 2.05) is 46.8 Å². The molecule has 0 fully saturated rings. The smallest absolute Gasteiger partial charge is 0.312 e. The standard InChI is InChI=1S/C15H22O3S/c1-14(2,3)18-13(17)15(4,5)10-19-12-8-6-11(16)7-9-12/h6-9,16H,10H2,1-5H3. The van der Waals surface area contributed by atoms with Crippen molar-refractivity contribution in [2.24, 2.45) is 5.41 Å². The molecule has 0 radical (unpaired) electrons. The zero-order valence-corrected chi connectivity index (χ0v) is 13.0. The Morgan fingerprint density at radius 1 is 1.16 bits per heavy atom. The van der Waals surface area contributed by atoms with Gasteiger partial charge in [-0.25, -0.2) is 0 Å². The van der Waals surface area contributed by atoms with Gasteiger partial charge >= 0.3 is 5.97 Å². The summed E-state index contributed by atoms with van der Waals surface area (Å²) >= 11 is 1.58. The molecule has 19 heavy (non-hydrogen) atoms. The summed E-state index contributed by atoms with van der Waals surface area (Å²) in [5.41, 5.74) is -1.01. The fourth-order valence-corrected chi connectivity index (χ4v) is 2.26. The number of aromatic hydroxyl groups is 1. The van der Waals surface area contributed by atoms with E-state index in [0.29, 0.717) is 5.75 Å². The number of benzene rings is 1. The van der Waals surface area contributed by atoms with Crippen LogP contribution in [0.4, 0.5) is 0 Å². The van der Waals surface area contributed by atoms with Gasteiger partial charge in [0.15, 0.2) is 0 Å². The third-order valence-electron chi connectivity index (χ3n) is 2.39. The highest BCUT2D eigenvalue weighted by Crippen LogP contribution is 2.30. The monoisotopic (exact) mass is 282 g/mol. The molecule has 0 aliphatic carbocycles. The average Bonchev–Trinajstić information content (AvgIpc) is 2.26. The molecule has 0 bridgehead atoms. The molecule has 0 aliphatic heterocycles. The van der Waals surface area contributed by atoms with E-state index in [2.05, 4.69) is 0 Å². The lowest BCUT2D eigenvalue weighted by Gasteiger charge is -2.28. The minimum absolute atomic E-state index is 0.189. The van der Waals surface area contributed by atoms with E-state index in [-0.39, 0.29) is 11.7 Å². The quantitative estimate of drug-likeness (QED) is 0.673. The molecule has 0 saturated heterocycles. The Hall–Kier alpha value is -1.16. The van der Waals surface area contributed by atoms with Gasteiger partial charge in [0, 0.05) is 10.6 Å². The topological polar surface area (TPSA) is 46.5 Å². The Morgan fingerprint density at radius 3 is 2.16 bits per heavy atom. The summed E-state index contributed by atoms with van der Waals surface area (Å²) in [6.45, 7) is 9.37. The van der Waals surface area contributed by atoms with Crippen LogP contribution in [0.3, 0.4) is 0 Å². The first-order chi connectivity index (χ1) is 8.60. The molecule has 0 unspecified atom stereocenters. The van der Waals surface area contributed by atoms with Gasteiger partial charge in [-0.2, -0.15) is 0 Å². The number of hydrogen-bond donors (Lipinski definition) is 1. The molecule has 0 spiro atoms. The second-order valence-electron chi connectivity index (χ2n) is 6.17. The van der Waals surface area contributed by atoms with Gasteiger partial charge in [0.2, 0.25) is 0 Å². The lowest BCUT2D eigenvalue weighted by molar-refractivity contribution is -0.164. The van der Waals surface area contributed by atoms with E-state index < -0.39 is 11.0 Å². The molecule has 0 saturated carbocycles. The van der Waals surface area contributed by atoms with Crippen molar-refractivity contribution in [2.75, 3.05) is 5.75 Å². The number of hydrogen-bond acceptors (Lipinski definition) is 4. The van der Waals surface area contributed by atoms with Gasteiger partial charge in [0.25, 0.3) is 0 Å². The Balaban J connectivity index is 2.59. The van der Waals surface area contributed by atoms with Crippen LogP contribution in [0, 0.1) is 5.41 Å². The van der Waals surface area contributed by atoms with Crippen LogP contribution < -0.4 is 0 Å². The predicted molar refractivity (Wildman–Crippen MR) is 78.5 cm³/mol. The van der Waals surface area contributed by atoms with Crippen LogP contribution in [0.15, 0.2) is 29.2 Å². The van der Waals surface area contributed by atoms with Crippen LogP contribution in [0.5, 0.6) is 5.75 Å². The molecule has 106 valence electrons. The molecule has 0 heterocycles. The highest BCUT2D eigenvalue weighted by atomic mass is 32.2. The summed E-state index contributed by atoms with van der Waals surface area (Å²) in [4.78, 5) is 13.1. The number of phenolic OH excluding ortho intramolecular Hbond substituents is 1. The van der Waals surface area contributed by atoms with E-state index in [9.17, 15) is 9.90 Å². The maximum atomic E-state index is 12.1. The molecule has 1 aromatic carbocycles. The van der Waals surface area contributed by atoms with Crippen molar-refractivity contribution in [3.8, 4) is 5.75 Å². The first-order valence-corrected chi connectivity index (χ1v) is 7.24. The highest BCUT2D eigenvalue weighted by molar-refractivity contribution is 7.99. The number of ether oxygens (including phenoxy) is 1. The summed E-state index contributed by atoms with van der Waals surface area (Å²) in [5.74, 6) is 0.689. The minimum atomic E-state index is -0.546. The zero-order chi connectivity index (χ0) is 14.7. The Kier molecular flexibility index (Phi) is 4.91. The van der Waals surface area contributed by atoms with Crippen molar-refractivity contribution < 1.29 is 14.6 Å². The van der Waals surface area contributed by atoms with E-state index in [0.717, 1.165) is 4.90 Å². The third-order valence-corrected chi connectivity index (χ3v) is 3.86. The molecular weight excluding hydrogens is 260 g/mol. The summed E-state index contributed by atoms with van der Waals surface area (Å²) in [6.07, 6.45) is 0. The van der Waals surface area contributed by atoms with Gasteiger partial charge in [-0.15, -0.1) is 11.8 Å². The van der Waals surface area contributed by atoms with Crippen LogP contribution >= 0.6 is 11.8 Å². The molecule has 0 amide bonds. The predicted octanol–water partition coefficient (Wildman–Crippen LogP) is 3.85. The highest BCUT2D eigenvalue weighted by Gasteiger charge is 2.32. The molecule has 0 atom stereocenters. The molecule has 4 heteroatoms. The number of rotatable bonds is 4. The first-order valence-electron chi connectivity index (χ1n) is 6.25. The van der Waals surface area contributed by atoms with Crippen molar-refractivity contribution in [3.05, 3.63) is 24.3 Å². The molecular formula is C15H22O3S. The SMILES string of the molecule is CC(C)(C)OC(=O)C(C)(C)CSc1ccc(O)cc1. The van der Waals surface area contributed by atoms with Crippen LogP contribution in [0.1, 0.15) is 34.6 Å². The number of esters is 1. The Bertz CT molecular complexity index is 430. The van der Waals surface area contributed by atoms with Crippen molar-refractivity contribution in [3.63, 3.8) is 0 Å². The lowest BCUT2D eigenvalue weighted by Crippen LogP contribution is -2.35. The van der Waals surface area contributed by atoms with Crippen molar-refractivity contribution in [1.82, 2.24) is 0 Å². The molecule has 3 nitrogen and oxygen atoms in total. The molecule has 0 aliphatic rings. The number of thioether (sulfide) groups is 1. The summed E-state index contributed by atoms with van der Waals surface area (Å²) in [7, 11) is 0. The molecule has 0 aromatic heterocycles. The van der Waals surface area contributed by atoms with Gasteiger partial charge in [-0.1, -0.05) is 0 Å². The van der Waals surface area contributed by atoms with E-state index in [1.54, 1.807) is 23.9 Å². The molecule has 1 aromatic rings. The van der Waals surface area contributed by atoms with E-state index in [4.69, 9.17) is 4.74 Å². The Labute approximate surface area is 119 Å². The van der Waals surface area contributed by atoms with E-state index >= 15 is 0 Å². The molecule has 1 rings (SSSR count). The van der Waals surface area contributed by atoms with E-state index in [1.165, 1.54) is 0 Å². The van der Waals surface area contributed by atoms with Gasteiger partial charge in [-0.05, 0) is 58.9 Å². The summed E-state index contributed by atoms with van der Waals surface area (Å²) in [6, 6.07) is 6.96. The maximum absolute atomic E-state index is 12.1. The number of carbonyl (C=O) groups is 1. The normalized spacial score (nSPS) is 12.3. The largest absolute Gasteiger partial charge is 0.508 e. The van der Waals surface area contributed by atoms with Crippen LogP contribution in [0.25, 0.3) is 0 Å². The minimum Gasteiger partial charge on any atom is -0.508 e. The van der Waals surface area contributed by atoms with Gasteiger partial charge < -0.3 is 9.84 Å². The third kappa shape index (κ3) is 5.55. The van der Waals surface area contributed by atoms with Crippen LogP contribution in [0.2, 0.25) is 0 Å². The first kappa shape index (κ1) is 15.9. The van der Waals surface area contributed by atoms with Gasteiger partial charge in [0.1, 0.15) is 11.4 Å². The zero-order valence-electron chi connectivity index (χ0n) is 12.2. The Morgan fingerprint density at radius 2 is 1.68 bits per heavy atom. The summed E-state index contributed by atoms with van der Waals surface area (Å²) < 4.78 is 5.42.